The molecular formula is C14H14Cl2F3N3O2. The quantitative estimate of drug-likeness (QED) is 0.805. The van der Waals surface area contributed by atoms with Crippen LogP contribution in [0.1, 0.15) is 24.7 Å². The van der Waals surface area contributed by atoms with Crippen LogP contribution in [0.15, 0.2) is 10.9 Å². The molecule has 0 saturated heterocycles. The van der Waals surface area contributed by atoms with E-state index in [1.165, 1.54) is 13.2 Å². The predicted octanol–water partition coefficient (Wildman–Crippen LogP) is 3.86. The summed E-state index contributed by atoms with van der Waals surface area (Å²) in [6, 6.07) is 1.17. The van der Waals surface area contributed by atoms with E-state index in [1.54, 1.807) is 0 Å². The van der Waals surface area contributed by atoms with Gasteiger partial charge in [0.15, 0.2) is 0 Å². The Morgan fingerprint density at radius 2 is 1.96 bits per heavy atom. The molecule has 0 amide bonds. The molecule has 1 aromatic carbocycles. The van der Waals surface area contributed by atoms with Gasteiger partial charge < -0.3 is 4.74 Å². The molecule has 0 atom stereocenters. The molecule has 0 spiro atoms. The average molecular weight is 384 g/mol. The maximum Gasteiger partial charge on any atom is 0.452 e. The summed E-state index contributed by atoms with van der Waals surface area (Å²) in [7, 11) is 2.51. The minimum absolute atomic E-state index is 0.0290. The van der Waals surface area contributed by atoms with Gasteiger partial charge in [0.05, 0.1) is 22.8 Å². The first-order valence-corrected chi connectivity index (χ1v) is 7.67. The molecule has 0 aliphatic carbocycles. The minimum atomic E-state index is -4.83. The summed E-state index contributed by atoms with van der Waals surface area (Å²) in [6.45, 7) is 1.87. The van der Waals surface area contributed by atoms with Crippen molar-refractivity contribution < 1.29 is 17.9 Å². The molecule has 2 aromatic rings. The third-order valence-corrected chi connectivity index (χ3v) is 4.07. The summed E-state index contributed by atoms with van der Waals surface area (Å²) in [6.07, 6.45) is -3.75. The molecule has 2 rings (SSSR count). The molecule has 0 radical (unpaired) electrons. The fourth-order valence-electron chi connectivity index (χ4n) is 2.37. The summed E-state index contributed by atoms with van der Waals surface area (Å²) >= 11 is 12.4. The van der Waals surface area contributed by atoms with Crippen molar-refractivity contribution in [2.24, 2.45) is 7.05 Å². The maximum atomic E-state index is 13.2. The Morgan fingerprint density at radius 3 is 2.46 bits per heavy atom. The standard InChI is InChI=1S/C14H14Cl2F3N3O2/c1-4-5-7-10(16)9(6-8(15)11(7)24-3)22-12(14(17,18)19)20-21(2)13(22)23/h6H,4-5H2,1-3H3. The fraction of sp³-hybridized carbons (Fsp3) is 0.429. The Balaban J connectivity index is 2.87. The van der Waals surface area contributed by atoms with Crippen LogP contribution < -0.4 is 10.4 Å². The lowest BCUT2D eigenvalue weighted by atomic mass is 10.1. The zero-order chi connectivity index (χ0) is 18.2. The number of aryl methyl sites for hydroxylation is 1. The van der Waals surface area contributed by atoms with Crippen LogP contribution in [0.4, 0.5) is 13.2 Å². The molecule has 5 nitrogen and oxygen atoms in total. The highest BCUT2D eigenvalue weighted by molar-refractivity contribution is 6.36. The van der Waals surface area contributed by atoms with Crippen LogP contribution in [-0.4, -0.2) is 21.5 Å². The van der Waals surface area contributed by atoms with Crippen LogP contribution in [0.25, 0.3) is 5.69 Å². The third kappa shape index (κ3) is 3.12. The molecule has 0 bridgehead atoms. The number of benzene rings is 1. The second-order valence-electron chi connectivity index (χ2n) is 5.02. The van der Waals surface area contributed by atoms with Gasteiger partial charge in [0.25, 0.3) is 0 Å². The van der Waals surface area contributed by atoms with Gasteiger partial charge in [-0.25, -0.2) is 14.0 Å². The summed E-state index contributed by atoms with van der Waals surface area (Å²) in [4.78, 5) is 12.2. The zero-order valence-corrected chi connectivity index (χ0v) is 14.6. The number of hydrogen-bond donors (Lipinski definition) is 0. The first kappa shape index (κ1) is 18.7. The molecule has 10 heteroatoms. The lowest BCUT2D eigenvalue weighted by Gasteiger charge is -2.17. The third-order valence-electron chi connectivity index (χ3n) is 3.37. The highest BCUT2D eigenvalue weighted by Gasteiger charge is 2.40. The van der Waals surface area contributed by atoms with E-state index in [9.17, 15) is 18.0 Å². The molecular weight excluding hydrogens is 370 g/mol. The predicted molar refractivity (Wildman–Crippen MR) is 84.4 cm³/mol. The number of halogens is 5. The van der Waals surface area contributed by atoms with E-state index in [1.807, 2.05) is 6.92 Å². The van der Waals surface area contributed by atoms with Crippen molar-refractivity contribution >= 4 is 23.2 Å². The topological polar surface area (TPSA) is 49.0 Å². The van der Waals surface area contributed by atoms with Gasteiger partial charge in [0.1, 0.15) is 5.75 Å². The molecule has 0 N–H and O–H groups in total. The van der Waals surface area contributed by atoms with E-state index in [-0.39, 0.29) is 21.5 Å². The van der Waals surface area contributed by atoms with Crippen LogP contribution in [0.2, 0.25) is 10.0 Å². The number of alkyl halides is 3. The van der Waals surface area contributed by atoms with E-state index in [0.29, 0.717) is 27.7 Å². The van der Waals surface area contributed by atoms with Crippen molar-refractivity contribution in [3.8, 4) is 11.4 Å². The Bertz CT molecular complexity index is 828. The summed E-state index contributed by atoms with van der Waals surface area (Å²) in [5.74, 6) is -1.10. The van der Waals surface area contributed by atoms with Crippen molar-refractivity contribution in [3.63, 3.8) is 0 Å². The van der Waals surface area contributed by atoms with Crippen molar-refractivity contribution in [3.05, 3.63) is 38.0 Å². The Labute approximate surface area is 145 Å². The van der Waals surface area contributed by atoms with Gasteiger partial charge in [-0.3, -0.25) is 0 Å². The van der Waals surface area contributed by atoms with Crippen LogP contribution >= 0.6 is 23.2 Å². The van der Waals surface area contributed by atoms with E-state index in [4.69, 9.17) is 27.9 Å². The van der Waals surface area contributed by atoms with Gasteiger partial charge in [-0.1, -0.05) is 36.5 Å². The van der Waals surface area contributed by atoms with Gasteiger partial charge >= 0.3 is 11.9 Å². The molecule has 0 saturated carbocycles. The summed E-state index contributed by atoms with van der Waals surface area (Å²) < 4.78 is 45.8. The maximum absolute atomic E-state index is 13.2. The van der Waals surface area contributed by atoms with Gasteiger partial charge in [-0.05, 0) is 12.5 Å². The van der Waals surface area contributed by atoms with Gasteiger partial charge in [-0.15, -0.1) is 5.10 Å². The van der Waals surface area contributed by atoms with Crippen LogP contribution in [-0.2, 0) is 19.6 Å². The molecule has 132 valence electrons. The second kappa shape index (κ2) is 6.68. The van der Waals surface area contributed by atoms with E-state index >= 15 is 0 Å². The number of methoxy groups -OCH3 is 1. The summed E-state index contributed by atoms with van der Waals surface area (Å²) in [5, 5.41) is 3.29. The first-order chi connectivity index (χ1) is 11.1. The average Bonchev–Trinajstić information content (AvgIpc) is 2.79. The monoisotopic (exact) mass is 383 g/mol. The summed E-state index contributed by atoms with van der Waals surface area (Å²) in [5.41, 5.74) is -0.725. The van der Waals surface area contributed by atoms with Gasteiger partial charge in [0.2, 0.25) is 5.82 Å². The Hall–Kier alpha value is -1.67. The van der Waals surface area contributed by atoms with Gasteiger partial charge in [0, 0.05) is 12.6 Å². The molecule has 0 aliphatic heterocycles. The second-order valence-corrected chi connectivity index (χ2v) is 5.80. The lowest BCUT2D eigenvalue weighted by molar-refractivity contribution is -0.146. The molecule has 0 aliphatic rings. The minimum Gasteiger partial charge on any atom is -0.495 e. The number of ether oxygens (including phenoxy) is 1. The van der Waals surface area contributed by atoms with Crippen LogP contribution in [0, 0.1) is 0 Å². The van der Waals surface area contributed by atoms with Crippen molar-refractivity contribution in [1.82, 2.24) is 14.3 Å². The molecule has 24 heavy (non-hydrogen) atoms. The number of nitrogens with zero attached hydrogens (tertiary/aromatic N) is 3. The van der Waals surface area contributed by atoms with E-state index in [2.05, 4.69) is 5.10 Å². The number of rotatable bonds is 4. The van der Waals surface area contributed by atoms with E-state index < -0.39 is 17.7 Å². The molecule has 1 aromatic heterocycles. The lowest BCUT2D eigenvalue weighted by Crippen LogP contribution is -2.24. The largest absolute Gasteiger partial charge is 0.495 e. The normalized spacial score (nSPS) is 11.8. The van der Waals surface area contributed by atoms with Gasteiger partial charge in [-0.2, -0.15) is 13.2 Å². The SMILES string of the molecule is CCCc1c(Cl)c(-n2c(C(F)(F)F)nn(C)c2=O)cc(Cl)c1OC. The Morgan fingerprint density at radius 1 is 1.33 bits per heavy atom. The fourth-order valence-corrected chi connectivity index (χ4v) is 2.98. The highest BCUT2D eigenvalue weighted by Crippen LogP contribution is 2.40. The van der Waals surface area contributed by atoms with Crippen molar-refractivity contribution in [2.75, 3.05) is 7.11 Å². The highest BCUT2D eigenvalue weighted by atomic mass is 35.5. The molecule has 0 fully saturated rings. The van der Waals surface area contributed by atoms with Crippen LogP contribution in [0.5, 0.6) is 5.75 Å². The zero-order valence-electron chi connectivity index (χ0n) is 13.0. The Kier molecular flexibility index (Phi) is 5.19. The van der Waals surface area contributed by atoms with Crippen molar-refractivity contribution in [1.29, 1.82) is 0 Å². The van der Waals surface area contributed by atoms with Crippen LogP contribution in [0.3, 0.4) is 0 Å². The molecule has 0 unspecified atom stereocenters. The van der Waals surface area contributed by atoms with E-state index in [0.717, 1.165) is 7.05 Å². The first-order valence-electron chi connectivity index (χ1n) is 6.91. The number of hydrogen-bond acceptors (Lipinski definition) is 3. The number of aromatic nitrogens is 3. The van der Waals surface area contributed by atoms with Crippen molar-refractivity contribution in [2.45, 2.75) is 25.9 Å². The molecule has 1 heterocycles. The smallest absolute Gasteiger partial charge is 0.452 e.